The van der Waals surface area contributed by atoms with Crippen LogP contribution in [0, 0.1) is 11.3 Å². The molecule has 0 bridgehead atoms. The average molecular weight is 314 g/mol. The first-order chi connectivity index (χ1) is 9.49. The van der Waals surface area contributed by atoms with Crippen molar-refractivity contribution < 1.29 is 13.6 Å². The molecule has 5 nitrogen and oxygen atoms in total. The Kier molecular flexibility index (Phi) is 6.70. The van der Waals surface area contributed by atoms with Crippen LogP contribution in [0.1, 0.15) is 32.9 Å². The molecule has 0 aliphatic carbocycles. The molecule has 0 aliphatic heterocycles. The molecule has 0 radical (unpaired) electrons. The Hall–Kier alpha value is -0.860. The van der Waals surface area contributed by atoms with Crippen LogP contribution < -0.4 is 0 Å². The summed E-state index contributed by atoms with van der Waals surface area (Å²) in [6.07, 6.45) is 2.41. The SMILES string of the molecule is CCCSP(=O)(OCC)OC(C)(C#N)c1ccccn1. The highest BCUT2D eigenvalue weighted by atomic mass is 32.7. The van der Waals surface area contributed by atoms with Crippen LogP contribution in [0.15, 0.2) is 24.4 Å². The Balaban J connectivity index is 3.00. The lowest BCUT2D eigenvalue weighted by molar-refractivity contribution is 0.116. The molecule has 0 aliphatic rings. The van der Waals surface area contributed by atoms with E-state index in [1.54, 1.807) is 38.2 Å². The van der Waals surface area contributed by atoms with Crippen LogP contribution in [0.3, 0.4) is 0 Å². The lowest BCUT2D eigenvalue weighted by Crippen LogP contribution is -2.24. The van der Waals surface area contributed by atoms with Gasteiger partial charge in [0, 0.05) is 11.9 Å². The minimum atomic E-state index is -3.39. The zero-order valence-electron chi connectivity index (χ0n) is 11.9. The monoisotopic (exact) mass is 314 g/mol. The van der Waals surface area contributed by atoms with Gasteiger partial charge in [0.1, 0.15) is 6.07 Å². The van der Waals surface area contributed by atoms with Gasteiger partial charge in [-0.1, -0.05) is 13.0 Å². The van der Waals surface area contributed by atoms with Crippen molar-refractivity contribution in [1.29, 1.82) is 5.26 Å². The van der Waals surface area contributed by atoms with E-state index in [0.717, 1.165) is 17.8 Å². The molecular formula is C13H19N2O3PS. The van der Waals surface area contributed by atoms with Crippen LogP contribution >= 0.6 is 18.2 Å². The highest BCUT2D eigenvalue weighted by Gasteiger charge is 2.39. The molecule has 1 aromatic rings. The van der Waals surface area contributed by atoms with E-state index in [-0.39, 0.29) is 6.61 Å². The van der Waals surface area contributed by atoms with Crippen molar-refractivity contribution in [2.75, 3.05) is 12.4 Å². The van der Waals surface area contributed by atoms with E-state index < -0.39 is 12.4 Å². The van der Waals surface area contributed by atoms with Gasteiger partial charge in [-0.2, -0.15) is 5.26 Å². The van der Waals surface area contributed by atoms with E-state index in [1.807, 2.05) is 13.0 Å². The van der Waals surface area contributed by atoms with Crippen LogP contribution in [-0.4, -0.2) is 17.3 Å². The van der Waals surface area contributed by atoms with Gasteiger partial charge in [-0.3, -0.25) is 9.51 Å². The number of pyridine rings is 1. The van der Waals surface area contributed by atoms with E-state index in [0.29, 0.717) is 11.4 Å². The van der Waals surface area contributed by atoms with Gasteiger partial charge in [0.2, 0.25) is 5.60 Å². The van der Waals surface area contributed by atoms with Crippen molar-refractivity contribution in [3.8, 4) is 6.07 Å². The van der Waals surface area contributed by atoms with Crippen LogP contribution in [0.2, 0.25) is 0 Å². The Morgan fingerprint density at radius 2 is 2.25 bits per heavy atom. The van der Waals surface area contributed by atoms with Crippen molar-refractivity contribution in [2.45, 2.75) is 32.8 Å². The fraction of sp³-hybridized carbons (Fsp3) is 0.538. The van der Waals surface area contributed by atoms with Crippen molar-refractivity contribution in [3.05, 3.63) is 30.1 Å². The minimum Gasteiger partial charge on any atom is -0.301 e. The van der Waals surface area contributed by atoms with Crippen molar-refractivity contribution >= 4 is 18.2 Å². The quantitative estimate of drug-likeness (QED) is 0.672. The van der Waals surface area contributed by atoms with Crippen LogP contribution in [-0.2, 0) is 19.2 Å². The summed E-state index contributed by atoms with van der Waals surface area (Å²) < 4.78 is 23.5. The maximum atomic E-state index is 12.7. The van der Waals surface area contributed by atoms with Gasteiger partial charge in [-0.25, -0.2) is 4.57 Å². The number of hydrogen-bond acceptors (Lipinski definition) is 6. The molecule has 20 heavy (non-hydrogen) atoms. The first-order valence-corrected chi connectivity index (χ1v) is 9.55. The minimum absolute atomic E-state index is 0.262. The van der Waals surface area contributed by atoms with Gasteiger partial charge >= 0.3 is 6.80 Å². The van der Waals surface area contributed by atoms with Gasteiger partial charge in [0.05, 0.1) is 12.3 Å². The normalized spacial score (nSPS) is 16.9. The molecule has 0 fully saturated rings. The molecule has 7 heteroatoms. The van der Waals surface area contributed by atoms with Crippen molar-refractivity contribution in [2.24, 2.45) is 0 Å². The van der Waals surface area contributed by atoms with Gasteiger partial charge < -0.3 is 4.52 Å². The largest absolute Gasteiger partial charge is 0.391 e. The first-order valence-electron chi connectivity index (χ1n) is 6.42. The summed E-state index contributed by atoms with van der Waals surface area (Å²) in [6, 6.07) is 7.21. The third kappa shape index (κ3) is 4.60. The molecule has 2 unspecified atom stereocenters. The number of hydrogen-bond donors (Lipinski definition) is 0. The Bertz CT molecular complexity index is 506. The molecule has 0 saturated heterocycles. The molecule has 0 N–H and O–H groups in total. The summed E-state index contributed by atoms with van der Waals surface area (Å²) in [4.78, 5) is 4.11. The molecular weight excluding hydrogens is 295 g/mol. The second kappa shape index (κ2) is 7.80. The third-order valence-electron chi connectivity index (χ3n) is 2.40. The Labute approximate surface area is 124 Å². The highest BCUT2D eigenvalue weighted by molar-refractivity contribution is 8.55. The smallest absolute Gasteiger partial charge is 0.301 e. The van der Waals surface area contributed by atoms with Crippen molar-refractivity contribution in [1.82, 2.24) is 4.98 Å². The van der Waals surface area contributed by atoms with Gasteiger partial charge in [0.25, 0.3) is 0 Å². The zero-order valence-corrected chi connectivity index (χ0v) is 13.6. The predicted octanol–water partition coefficient (Wildman–Crippen LogP) is 4.12. The molecule has 0 saturated carbocycles. The molecule has 110 valence electrons. The lowest BCUT2D eigenvalue weighted by atomic mass is 10.0. The summed E-state index contributed by atoms with van der Waals surface area (Å²) in [5.41, 5.74) is -0.980. The van der Waals surface area contributed by atoms with E-state index >= 15 is 0 Å². The summed E-state index contributed by atoms with van der Waals surface area (Å²) in [5.74, 6) is 0.640. The number of nitriles is 1. The molecule has 0 aromatic carbocycles. The summed E-state index contributed by atoms with van der Waals surface area (Å²) in [5, 5.41) is 9.39. The average Bonchev–Trinajstić information content (AvgIpc) is 2.46. The summed E-state index contributed by atoms with van der Waals surface area (Å²) in [7, 11) is 0. The highest BCUT2D eigenvalue weighted by Crippen LogP contribution is 2.63. The van der Waals surface area contributed by atoms with E-state index in [1.165, 1.54) is 0 Å². The van der Waals surface area contributed by atoms with E-state index in [2.05, 4.69) is 4.98 Å². The second-order valence-corrected chi connectivity index (χ2v) is 8.27. The third-order valence-corrected chi connectivity index (χ3v) is 6.51. The molecule has 0 amide bonds. The zero-order chi connectivity index (χ0) is 15.1. The number of nitrogens with zero attached hydrogens (tertiary/aromatic N) is 2. The van der Waals surface area contributed by atoms with Crippen LogP contribution in [0.4, 0.5) is 0 Å². The van der Waals surface area contributed by atoms with Crippen molar-refractivity contribution in [3.63, 3.8) is 0 Å². The first kappa shape index (κ1) is 17.2. The maximum Gasteiger partial charge on any atom is 0.391 e. The molecule has 0 spiro atoms. The molecule has 1 heterocycles. The lowest BCUT2D eigenvalue weighted by Gasteiger charge is -2.26. The molecule has 2 atom stereocenters. The van der Waals surface area contributed by atoms with Crippen LogP contribution in [0.5, 0.6) is 0 Å². The van der Waals surface area contributed by atoms with Gasteiger partial charge in [0.15, 0.2) is 0 Å². The van der Waals surface area contributed by atoms with Crippen LogP contribution in [0.25, 0.3) is 0 Å². The molecule has 1 aromatic heterocycles. The summed E-state index contributed by atoms with van der Waals surface area (Å²) in [6.45, 7) is 2.15. The van der Waals surface area contributed by atoms with E-state index in [9.17, 15) is 9.83 Å². The molecule has 1 rings (SSSR count). The second-order valence-electron chi connectivity index (χ2n) is 4.15. The predicted molar refractivity (Wildman–Crippen MR) is 80.3 cm³/mol. The van der Waals surface area contributed by atoms with Gasteiger partial charge in [-0.05, 0) is 43.8 Å². The fourth-order valence-corrected chi connectivity index (χ4v) is 5.29. The maximum absolute atomic E-state index is 12.7. The van der Waals surface area contributed by atoms with Gasteiger partial charge in [-0.15, -0.1) is 0 Å². The number of rotatable bonds is 8. The van der Waals surface area contributed by atoms with E-state index in [4.69, 9.17) is 9.05 Å². The number of aromatic nitrogens is 1. The summed E-state index contributed by atoms with van der Waals surface area (Å²) >= 11 is 1.12. The standard InChI is InChI=1S/C13H19N2O3PS/c1-4-10-20-19(16,17-5-2)18-13(3,11-14)12-8-6-7-9-15-12/h6-9H,4-5,10H2,1-3H3. The topological polar surface area (TPSA) is 72.2 Å². The Morgan fingerprint density at radius 3 is 2.75 bits per heavy atom. The fourth-order valence-electron chi connectivity index (χ4n) is 1.44. The Morgan fingerprint density at radius 1 is 1.50 bits per heavy atom.